The molecule has 0 aliphatic carbocycles. The van der Waals surface area contributed by atoms with E-state index in [0.717, 1.165) is 16.5 Å². The number of phenols is 1. The van der Waals surface area contributed by atoms with Crippen LogP contribution in [0.15, 0.2) is 65.8 Å². The molecule has 92 valence electrons. The zero-order valence-corrected chi connectivity index (χ0v) is 10.2. The van der Waals surface area contributed by atoms with Crippen molar-refractivity contribution in [2.24, 2.45) is 4.99 Å². The van der Waals surface area contributed by atoms with E-state index >= 15 is 0 Å². The maximum atomic E-state index is 9.67. The minimum Gasteiger partial charge on any atom is -0.506 e. The van der Waals surface area contributed by atoms with Crippen molar-refractivity contribution in [2.75, 3.05) is 0 Å². The standard InChI is InChI=1S/C16H12N2O/c19-15-9-2-1-8-14(15)18-11-13-6-3-5-12-7-4-10-17-16(12)13/h1-11,19H. The zero-order chi connectivity index (χ0) is 13.1. The summed E-state index contributed by atoms with van der Waals surface area (Å²) in [4.78, 5) is 8.67. The van der Waals surface area contributed by atoms with Crippen molar-refractivity contribution in [2.45, 2.75) is 0 Å². The minimum atomic E-state index is 0.173. The average Bonchev–Trinajstić information content (AvgIpc) is 2.46. The van der Waals surface area contributed by atoms with Crippen molar-refractivity contribution in [3.05, 3.63) is 66.4 Å². The van der Waals surface area contributed by atoms with Crippen LogP contribution < -0.4 is 0 Å². The Morgan fingerprint density at radius 3 is 2.68 bits per heavy atom. The van der Waals surface area contributed by atoms with Crippen molar-refractivity contribution in [3.8, 4) is 5.75 Å². The molecule has 0 bridgehead atoms. The first-order valence-electron chi connectivity index (χ1n) is 6.00. The number of para-hydroxylation sites is 3. The second-order valence-electron chi connectivity index (χ2n) is 4.17. The summed E-state index contributed by atoms with van der Waals surface area (Å²) in [7, 11) is 0. The third kappa shape index (κ3) is 2.31. The fraction of sp³-hybridized carbons (Fsp3) is 0. The Bertz CT molecular complexity index is 745. The molecule has 0 saturated carbocycles. The van der Waals surface area contributed by atoms with E-state index < -0.39 is 0 Å². The van der Waals surface area contributed by atoms with Crippen LogP contribution in [0.1, 0.15) is 5.56 Å². The van der Waals surface area contributed by atoms with Crippen molar-refractivity contribution >= 4 is 22.8 Å². The lowest BCUT2D eigenvalue weighted by Gasteiger charge is -2.01. The van der Waals surface area contributed by atoms with Crippen LogP contribution in [0.25, 0.3) is 10.9 Å². The monoisotopic (exact) mass is 248 g/mol. The van der Waals surface area contributed by atoms with Gasteiger partial charge in [-0.05, 0) is 18.2 Å². The molecule has 0 radical (unpaired) electrons. The first-order valence-corrected chi connectivity index (χ1v) is 6.00. The smallest absolute Gasteiger partial charge is 0.141 e. The third-order valence-corrected chi connectivity index (χ3v) is 2.89. The fourth-order valence-corrected chi connectivity index (χ4v) is 1.94. The number of nitrogens with zero attached hydrogens (tertiary/aromatic N) is 2. The normalized spacial score (nSPS) is 11.2. The molecule has 0 aliphatic heterocycles. The predicted octanol–water partition coefficient (Wildman–Crippen LogP) is 3.69. The summed E-state index contributed by atoms with van der Waals surface area (Å²) in [5.41, 5.74) is 2.39. The van der Waals surface area contributed by atoms with Crippen LogP contribution in [0.2, 0.25) is 0 Å². The van der Waals surface area contributed by atoms with Crippen LogP contribution in [0.5, 0.6) is 5.75 Å². The van der Waals surface area contributed by atoms with Crippen LogP contribution in [-0.2, 0) is 0 Å². The zero-order valence-electron chi connectivity index (χ0n) is 10.2. The van der Waals surface area contributed by atoms with Gasteiger partial charge in [0.2, 0.25) is 0 Å². The van der Waals surface area contributed by atoms with E-state index in [-0.39, 0.29) is 5.75 Å². The molecule has 0 fully saturated rings. The number of hydrogen-bond donors (Lipinski definition) is 1. The van der Waals surface area contributed by atoms with Gasteiger partial charge >= 0.3 is 0 Å². The first kappa shape index (κ1) is 11.4. The molecule has 1 N–H and O–H groups in total. The van der Waals surface area contributed by atoms with Crippen LogP contribution in [-0.4, -0.2) is 16.3 Å². The van der Waals surface area contributed by atoms with E-state index in [1.54, 1.807) is 30.6 Å². The minimum absolute atomic E-state index is 0.173. The maximum Gasteiger partial charge on any atom is 0.141 e. The summed E-state index contributed by atoms with van der Waals surface area (Å²) in [5, 5.41) is 10.7. The summed E-state index contributed by atoms with van der Waals surface area (Å²) in [6.45, 7) is 0. The van der Waals surface area contributed by atoms with Gasteiger partial charge in [-0.1, -0.05) is 36.4 Å². The second kappa shape index (κ2) is 4.90. The highest BCUT2D eigenvalue weighted by Crippen LogP contribution is 2.25. The maximum absolute atomic E-state index is 9.67. The molecule has 1 aromatic heterocycles. The summed E-state index contributed by atoms with van der Waals surface area (Å²) in [6, 6.07) is 16.9. The van der Waals surface area contributed by atoms with Gasteiger partial charge in [0.15, 0.2) is 0 Å². The average molecular weight is 248 g/mol. The van der Waals surface area contributed by atoms with E-state index in [2.05, 4.69) is 9.98 Å². The van der Waals surface area contributed by atoms with Gasteiger partial charge < -0.3 is 5.11 Å². The molecule has 0 atom stereocenters. The highest BCUT2D eigenvalue weighted by molar-refractivity contribution is 5.98. The summed E-state index contributed by atoms with van der Waals surface area (Å²) in [5.74, 6) is 0.173. The van der Waals surface area contributed by atoms with Gasteiger partial charge in [0.1, 0.15) is 11.4 Å². The third-order valence-electron chi connectivity index (χ3n) is 2.89. The number of phenolic OH excluding ortho intramolecular Hbond substituents is 1. The number of aliphatic imine (C=N–C) groups is 1. The topological polar surface area (TPSA) is 45.5 Å². The Hall–Kier alpha value is -2.68. The summed E-state index contributed by atoms with van der Waals surface area (Å²) < 4.78 is 0. The van der Waals surface area contributed by atoms with E-state index in [1.165, 1.54) is 0 Å². The molecule has 3 nitrogen and oxygen atoms in total. The van der Waals surface area contributed by atoms with Crippen LogP contribution in [0, 0.1) is 0 Å². The van der Waals surface area contributed by atoms with Crippen LogP contribution in [0.4, 0.5) is 5.69 Å². The fourth-order valence-electron chi connectivity index (χ4n) is 1.94. The molecular formula is C16H12N2O. The molecule has 0 saturated heterocycles. The quantitative estimate of drug-likeness (QED) is 0.703. The Labute approximate surface area is 110 Å². The largest absolute Gasteiger partial charge is 0.506 e. The number of aromatic nitrogens is 1. The Balaban J connectivity index is 2.04. The number of hydrogen-bond acceptors (Lipinski definition) is 3. The van der Waals surface area contributed by atoms with Crippen molar-refractivity contribution in [1.29, 1.82) is 0 Å². The molecule has 0 amide bonds. The molecular weight excluding hydrogens is 236 g/mol. The van der Waals surface area contributed by atoms with Gasteiger partial charge in [0.05, 0.1) is 5.52 Å². The highest BCUT2D eigenvalue weighted by atomic mass is 16.3. The van der Waals surface area contributed by atoms with Gasteiger partial charge in [-0.25, -0.2) is 0 Å². The summed E-state index contributed by atoms with van der Waals surface area (Å²) >= 11 is 0. The van der Waals surface area contributed by atoms with E-state index in [4.69, 9.17) is 0 Å². The second-order valence-corrected chi connectivity index (χ2v) is 4.17. The van der Waals surface area contributed by atoms with Gasteiger partial charge in [0, 0.05) is 23.4 Å². The lowest BCUT2D eigenvalue weighted by atomic mass is 10.1. The molecule has 19 heavy (non-hydrogen) atoms. The van der Waals surface area contributed by atoms with Gasteiger partial charge in [-0.3, -0.25) is 9.98 Å². The van der Waals surface area contributed by atoms with Crippen molar-refractivity contribution < 1.29 is 5.11 Å². The molecule has 3 heteroatoms. The van der Waals surface area contributed by atoms with Gasteiger partial charge in [0.25, 0.3) is 0 Å². The van der Waals surface area contributed by atoms with Gasteiger partial charge in [-0.15, -0.1) is 0 Å². The predicted molar refractivity (Wildman–Crippen MR) is 77.1 cm³/mol. The van der Waals surface area contributed by atoms with E-state index in [1.807, 2.05) is 36.4 Å². The number of pyridine rings is 1. The SMILES string of the molecule is Oc1ccccc1N=Cc1cccc2cccnc12. The van der Waals surface area contributed by atoms with E-state index in [9.17, 15) is 5.11 Å². The number of aromatic hydroxyl groups is 1. The van der Waals surface area contributed by atoms with Gasteiger partial charge in [-0.2, -0.15) is 0 Å². The lowest BCUT2D eigenvalue weighted by molar-refractivity contribution is 0.477. The number of benzene rings is 2. The summed E-state index contributed by atoms with van der Waals surface area (Å²) in [6.07, 6.45) is 3.49. The molecule has 1 heterocycles. The molecule has 0 unspecified atom stereocenters. The molecule has 3 aromatic rings. The highest BCUT2D eigenvalue weighted by Gasteiger charge is 2.00. The Morgan fingerprint density at radius 2 is 1.79 bits per heavy atom. The van der Waals surface area contributed by atoms with Crippen molar-refractivity contribution in [1.82, 2.24) is 4.98 Å². The van der Waals surface area contributed by atoms with Crippen LogP contribution >= 0.6 is 0 Å². The Morgan fingerprint density at radius 1 is 0.947 bits per heavy atom. The van der Waals surface area contributed by atoms with Crippen LogP contribution in [0.3, 0.4) is 0 Å². The first-order chi connectivity index (χ1) is 9.34. The molecule has 3 rings (SSSR count). The lowest BCUT2D eigenvalue weighted by Crippen LogP contribution is -1.86. The molecule has 0 aliphatic rings. The van der Waals surface area contributed by atoms with E-state index in [0.29, 0.717) is 5.69 Å². The number of fused-ring (bicyclic) bond motifs is 1. The van der Waals surface area contributed by atoms with Crippen molar-refractivity contribution in [3.63, 3.8) is 0 Å². The Kier molecular flexibility index (Phi) is 2.94. The molecule has 0 spiro atoms. The number of rotatable bonds is 2. The molecule has 2 aromatic carbocycles.